The van der Waals surface area contributed by atoms with E-state index in [1.807, 2.05) is 0 Å². The van der Waals surface area contributed by atoms with Crippen LogP contribution in [0.15, 0.2) is 72.8 Å². The first-order chi connectivity index (χ1) is 15.9. The number of aliphatic hydroxyl groups is 1. The Kier molecular flexibility index (Phi) is 7.17. The SMILES string of the molecule is COc1ccc(F)cc1C(C)(C)CC(O)(Cc1ccc(C(=O)c2ccccc2)cc1)C(F)(F)F. The van der Waals surface area contributed by atoms with Gasteiger partial charge in [-0.05, 0) is 35.6 Å². The fourth-order valence-electron chi connectivity index (χ4n) is 4.17. The number of ketones is 1. The van der Waals surface area contributed by atoms with Crippen molar-refractivity contribution < 1.29 is 32.2 Å². The number of alkyl halides is 3. The normalized spacial score (nSPS) is 13.9. The molecule has 0 aromatic heterocycles. The zero-order valence-electron chi connectivity index (χ0n) is 19.1. The summed E-state index contributed by atoms with van der Waals surface area (Å²) in [6, 6.07) is 17.9. The number of benzene rings is 3. The average Bonchev–Trinajstić information content (AvgIpc) is 2.78. The standard InChI is InChI=1S/C27H26F4O3/c1-25(2,22-15-21(28)13-14-23(22)34-3)17-26(33,27(29,30)31)16-18-9-11-20(12-10-18)24(32)19-7-5-4-6-8-19/h4-15,33H,16-17H2,1-3H3. The van der Waals surface area contributed by atoms with Crippen molar-refractivity contribution in [2.75, 3.05) is 7.11 Å². The lowest BCUT2D eigenvalue weighted by molar-refractivity contribution is -0.266. The van der Waals surface area contributed by atoms with Crippen LogP contribution in [0.5, 0.6) is 5.75 Å². The van der Waals surface area contributed by atoms with Crippen molar-refractivity contribution in [1.82, 2.24) is 0 Å². The molecule has 1 N–H and O–H groups in total. The highest BCUT2D eigenvalue weighted by Gasteiger charge is 2.56. The summed E-state index contributed by atoms with van der Waals surface area (Å²) in [6.45, 7) is 3.01. The molecular formula is C27H26F4O3. The molecule has 0 aliphatic heterocycles. The van der Waals surface area contributed by atoms with Crippen molar-refractivity contribution in [1.29, 1.82) is 0 Å². The van der Waals surface area contributed by atoms with E-state index in [0.717, 1.165) is 12.1 Å². The molecule has 1 atom stereocenters. The van der Waals surface area contributed by atoms with Crippen LogP contribution in [0.3, 0.4) is 0 Å². The summed E-state index contributed by atoms with van der Waals surface area (Å²) in [5.41, 5.74) is -3.14. The van der Waals surface area contributed by atoms with Crippen molar-refractivity contribution in [3.05, 3.63) is 101 Å². The molecule has 0 saturated carbocycles. The summed E-state index contributed by atoms with van der Waals surface area (Å²) in [4.78, 5) is 12.6. The molecule has 3 rings (SSSR count). The second-order valence-corrected chi connectivity index (χ2v) is 9.00. The van der Waals surface area contributed by atoms with Crippen LogP contribution in [-0.2, 0) is 11.8 Å². The van der Waals surface area contributed by atoms with E-state index in [-0.39, 0.29) is 22.7 Å². The maximum atomic E-state index is 14.1. The summed E-state index contributed by atoms with van der Waals surface area (Å²) in [5, 5.41) is 10.9. The van der Waals surface area contributed by atoms with Gasteiger partial charge in [0, 0.05) is 23.1 Å². The van der Waals surface area contributed by atoms with Crippen LogP contribution in [-0.4, -0.2) is 29.8 Å². The van der Waals surface area contributed by atoms with Crippen molar-refractivity contribution in [3.8, 4) is 5.75 Å². The summed E-state index contributed by atoms with van der Waals surface area (Å²) in [7, 11) is 1.35. The van der Waals surface area contributed by atoms with Crippen LogP contribution >= 0.6 is 0 Å². The minimum Gasteiger partial charge on any atom is -0.496 e. The van der Waals surface area contributed by atoms with Crippen molar-refractivity contribution in [3.63, 3.8) is 0 Å². The van der Waals surface area contributed by atoms with Crippen LogP contribution in [0, 0.1) is 5.82 Å². The third kappa shape index (κ3) is 5.47. The lowest BCUT2D eigenvalue weighted by Gasteiger charge is -2.38. The van der Waals surface area contributed by atoms with Gasteiger partial charge in [0.1, 0.15) is 11.6 Å². The predicted octanol–water partition coefficient (Wildman–Crippen LogP) is 6.27. The van der Waals surface area contributed by atoms with Gasteiger partial charge in [-0.25, -0.2) is 4.39 Å². The quantitative estimate of drug-likeness (QED) is 0.309. The highest BCUT2D eigenvalue weighted by Crippen LogP contribution is 2.45. The van der Waals surface area contributed by atoms with Crippen molar-refractivity contribution >= 4 is 5.78 Å². The molecule has 34 heavy (non-hydrogen) atoms. The molecule has 180 valence electrons. The van der Waals surface area contributed by atoms with Gasteiger partial charge in [0.05, 0.1) is 7.11 Å². The molecule has 0 fully saturated rings. The Labute approximate surface area is 196 Å². The van der Waals surface area contributed by atoms with Gasteiger partial charge in [0.15, 0.2) is 11.4 Å². The molecule has 0 amide bonds. The largest absolute Gasteiger partial charge is 0.496 e. The van der Waals surface area contributed by atoms with Crippen molar-refractivity contribution in [2.24, 2.45) is 0 Å². The molecule has 0 heterocycles. The van der Waals surface area contributed by atoms with Gasteiger partial charge >= 0.3 is 6.18 Å². The minimum atomic E-state index is -4.96. The molecule has 0 radical (unpaired) electrons. The number of ether oxygens (including phenoxy) is 1. The Morgan fingerprint density at radius 3 is 2.06 bits per heavy atom. The number of hydrogen-bond donors (Lipinski definition) is 1. The second-order valence-electron chi connectivity index (χ2n) is 9.00. The Balaban J connectivity index is 1.89. The topological polar surface area (TPSA) is 46.5 Å². The fraction of sp³-hybridized carbons (Fsp3) is 0.296. The number of hydrogen-bond acceptors (Lipinski definition) is 3. The second kappa shape index (κ2) is 9.58. The Bertz CT molecular complexity index is 1140. The van der Waals surface area contributed by atoms with Gasteiger partial charge < -0.3 is 9.84 Å². The van der Waals surface area contributed by atoms with Crippen LogP contribution in [0.25, 0.3) is 0 Å². The maximum Gasteiger partial charge on any atom is 0.417 e. The van der Waals surface area contributed by atoms with E-state index in [1.54, 1.807) is 30.3 Å². The highest BCUT2D eigenvalue weighted by molar-refractivity contribution is 6.08. The molecule has 1 unspecified atom stereocenters. The molecule has 0 bridgehead atoms. The molecule has 7 heteroatoms. The summed E-state index contributed by atoms with van der Waals surface area (Å²) in [5.74, 6) is -0.629. The van der Waals surface area contributed by atoms with Crippen LogP contribution in [0.1, 0.15) is 47.3 Å². The molecule has 0 spiro atoms. The molecule has 3 aromatic carbocycles. The van der Waals surface area contributed by atoms with E-state index in [4.69, 9.17) is 4.74 Å². The number of methoxy groups -OCH3 is 1. The number of rotatable bonds is 8. The van der Waals surface area contributed by atoms with Crippen LogP contribution in [0.4, 0.5) is 17.6 Å². The number of halogens is 4. The summed E-state index contributed by atoms with van der Waals surface area (Å²) >= 11 is 0. The summed E-state index contributed by atoms with van der Waals surface area (Å²) in [6.07, 6.45) is -6.41. The molecular weight excluding hydrogens is 448 g/mol. The molecule has 3 nitrogen and oxygen atoms in total. The average molecular weight is 474 g/mol. The van der Waals surface area contributed by atoms with Gasteiger partial charge in [-0.1, -0.05) is 68.4 Å². The van der Waals surface area contributed by atoms with Gasteiger partial charge in [0.2, 0.25) is 0 Å². The van der Waals surface area contributed by atoms with E-state index in [2.05, 4.69) is 0 Å². The first-order valence-electron chi connectivity index (χ1n) is 10.7. The fourth-order valence-corrected chi connectivity index (χ4v) is 4.17. The first-order valence-corrected chi connectivity index (χ1v) is 10.7. The maximum absolute atomic E-state index is 14.1. The van der Waals surface area contributed by atoms with Crippen molar-refractivity contribution in [2.45, 2.75) is 43.9 Å². The van der Waals surface area contributed by atoms with E-state index in [9.17, 15) is 27.5 Å². The van der Waals surface area contributed by atoms with Gasteiger partial charge in [-0.15, -0.1) is 0 Å². The van der Waals surface area contributed by atoms with E-state index in [1.165, 1.54) is 51.3 Å². The number of carbonyl (C=O) groups excluding carboxylic acids is 1. The van der Waals surface area contributed by atoms with Crippen LogP contribution in [0.2, 0.25) is 0 Å². The zero-order valence-corrected chi connectivity index (χ0v) is 19.1. The zero-order chi connectivity index (χ0) is 25.1. The highest BCUT2D eigenvalue weighted by atomic mass is 19.4. The van der Waals surface area contributed by atoms with E-state index >= 15 is 0 Å². The van der Waals surface area contributed by atoms with Gasteiger partial charge in [-0.2, -0.15) is 13.2 Å². The Hall–Kier alpha value is -3.19. The third-order valence-electron chi connectivity index (χ3n) is 5.90. The lowest BCUT2D eigenvalue weighted by Crippen LogP contribution is -2.50. The van der Waals surface area contributed by atoms with E-state index in [0.29, 0.717) is 11.1 Å². The van der Waals surface area contributed by atoms with Crippen LogP contribution < -0.4 is 4.74 Å². The Morgan fingerprint density at radius 1 is 0.912 bits per heavy atom. The predicted molar refractivity (Wildman–Crippen MR) is 122 cm³/mol. The van der Waals surface area contributed by atoms with Gasteiger partial charge in [0.25, 0.3) is 0 Å². The third-order valence-corrected chi connectivity index (χ3v) is 5.90. The monoisotopic (exact) mass is 474 g/mol. The van der Waals surface area contributed by atoms with E-state index < -0.39 is 35.9 Å². The minimum absolute atomic E-state index is 0.214. The van der Waals surface area contributed by atoms with Gasteiger partial charge in [-0.3, -0.25) is 4.79 Å². The number of carbonyl (C=O) groups is 1. The molecule has 0 aliphatic rings. The lowest BCUT2D eigenvalue weighted by atomic mass is 9.72. The molecule has 3 aromatic rings. The smallest absolute Gasteiger partial charge is 0.417 e. The molecule has 0 aliphatic carbocycles. The molecule has 0 saturated heterocycles. The summed E-state index contributed by atoms with van der Waals surface area (Å²) < 4.78 is 61.5. The Morgan fingerprint density at radius 2 is 1.50 bits per heavy atom. The first kappa shape index (κ1) is 25.4.